The van der Waals surface area contributed by atoms with Crippen LogP contribution in [0.1, 0.15) is 11.1 Å². The molecule has 0 unspecified atom stereocenters. The summed E-state index contributed by atoms with van der Waals surface area (Å²) in [6.45, 7) is -0.0414. The van der Waals surface area contributed by atoms with Gasteiger partial charge in [-0.05, 0) is 17.7 Å². The van der Waals surface area contributed by atoms with Gasteiger partial charge in [0.1, 0.15) is 5.75 Å². The van der Waals surface area contributed by atoms with Gasteiger partial charge in [-0.3, -0.25) is 4.79 Å². The topological polar surface area (TPSA) is 66.8 Å². The largest absolute Gasteiger partial charge is 0.496 e. The molecule has 1 aromatic rings. The number of aliphatic hydroxyl groups is 1. The summed E-state index contributed by atoms with van der Waals surface area (Å²) in [6.07, 6.45) is 3.24. The first kappa shape index (κ1) is 12.3. The van der Waals surface area contributed by atoms with Crippen molar-refractivity contribution in [3.05, 3.63) is 35.4 Å². The summed E-state index contributed by atoms with van der Waals surface area (Å²) < 4.78 is 5.07. The fraction of sp³-hybridized carbons (Fsp3) is 0.250. The van der Waals surface area contributed by atoms with Gasteiger partial charge in [0, 0.05) is 5.56 Å². The molecule has 86 valence electrons. The van der Waals surface area contributed by atoms with Gasteiger partial charge in [0.15, 0.2) is 0 Å². The predicted molar refractivity (Wildman–Crippen MR) is 60.5 cm³/mol. The third kappa shape index (κ3) is 3.40. The fourth-order valence-corrected chi connectivity index (χ4v) is 1.39. The number of aliphatic hydroxyl groups excluding tert-OH is 1. The number of hydrogen-bond acceptors (Lipinski definition) is 3. The number of carboxylic acids is 1. The van der Waals surface area contributed by atoms with E-state index in [2.05, 4.69) is 0 Å². The molecule has 0 radical (unpaired) electrons. The van der Waals surface area contributed by atoms with E-state index in [-0.39, 0.29) is 13.0 Å². The average molecular weight is 222 g/mol. The van der Waals surface area contributed by atoms with Crippen LogP contribution in [0, 0.1) is 0 Å². The van der Waals surface area contributed by atoms with Crippen LogP contribution in [0.25, 0.3) is 6.08 Å². The Hall–Kier alpha value is -1.81. The number of rotatable bonds is 5. The molecule has 0 saturated carbocycles. The van der Waals surface area contributed by atoms with Crippen molar-refractivity contribution in [3.8, 4) is 5.75 Å². The van der Waals surface area contributed by atoms with Crippen molar-refractivity contribution >= 4 is 12.0 Å². The highest BCUT2D eigenvalue weighted by Crippen LogP contribution is 2.21. The molecule has 0 aliphatic carbocycles. The Morgan fingerprint density at radius 2 is 2.25 bits per heavy atom. The van der Waals surface area contributed by atoms with Gasteiger partial charge in [0.05, 0.1) is 20.1 Å². The molecule has 0 heterocycles. The molecular formula is C12H14O4. The van der Waals surface area contributed by atoms with Gasteiger partial charge in [-0.25, -0.2) is 0 Å². The lowest BCUT2D eigenvalue weighted by molar-refractivity contribution is -0.136. The van der Waals surface area contributed by atoms with E-state index in [0.717, 1.165) is 5.56 Å². The van der Waals surface area contributed by atoms with E-state index in [4.69, 9.17) is 14.9 Å². The molecular weight excluding hydrogens is 208 g/mol. The first-order valence-electron chi connectivity index (χ1n) is 4.83. The minimum absolute atomic E-state index is 0.0414. The van der Waals surface area contributed by atoms with Crippen LogP contribution in [0.5, 0.6) is 5.75 Å². The zero-order valence-corrected chi connectivity index (χ0v) is 9.01. The lowest BCUT2D eigenvalue weighted by Crippen LogP contribution is -2.02. The number of hydrogen-bond donors (Lipinski definition) is 2. The van der Waals surface area contributed by atoms with Gasteiger partial charge in [-0.1, -0.05) is 18.2 Å². The molecule has 0 spiro atoms. The molecule has 2 N–H and O–H groups in total. The Kier molecular flexibility index (Phi) is 4.54. The van der Waals surface area contributed by atoms with Gasteiger partial charge < -0.3 is 14.9 Å². The third-order valence-electron chi connectivity index (χ3n) is 2.06. The number of carbonyl (C=O) groups is 1. The quantitative estimate of drug-likeness (QED) is 0.788. The Balaban J connectivity index is 3.00. The smallest absolute Gasteiger partial charge is 0.307 e. The second kappa shape index (κ2) is 5.92. The van der Waals surface area contributed by atoms with Crippen molar-refractivity contribution in [1.29, 1.82) is 0 Å². The van der Waals surface area contributed by atoms with Crippen molar-refractivity contribution in [2.45, 2.75) is 6.42 Å². The molecule has 0 atom stereocenters. The highest BCUT2D eigenvalue weighted by Gasteiger charge is 2.07. The Bertz CT molecular complexity index is 396. The summed E-state index contributed by atoms with van der Waals surface area (Å²) >= 11 is 0. The number of benzene rings is 1. The van der Waals surface area contributed by atoms with Crippen molar-refractivity contribution in [1.82, 2.24) is 0 Å². The molecule has 1 rings (SSSR count). The van der Waals surface area contributed by atoms with E-state index in [0.29, 0.717) is 11.3 Å². The first-order chi connectivity index (χ1) is 7.67. The zero-order chi connectivity index (χ0) is 12.0. The number of carboxylic acid groups (broad SMARTS) is 1. The third-order valence-corrected chi connectivity index (χ3v) is 2.06. The van der Waals surface area contributed by atoms with E-state index in [1.165, 1.54) is 7.11 Å². The maximum absolute atomic E-state index is 10.6. The summed E-state index contributed by atoms with van der Waals surface area (Å²) in [5.74, 6) is -0.342. The number of ether oxygens (including phenoxy) is 1. The van der Waals surface area contributed by atoms with E-state index < -0.39 is 5.97 Å². The van der Waals surface area contributed by atoms with Crippen LogP contribution in [0.3, 0.4) is 0 Å². The van der Waals surface area contributed by atoms with E-state index in [1.807, 2.05) is 0 Å². The molecule has 16 heavy (non-hydrogen) atoms. The van der Waals surface area contributed by atoms with Crippen LogP contribution in [-0.2, 0) is 11.2 Å². The van der Waals surface area contributed by atoms with E-state index in [9.17, 15) is 4.79 Å². The lowest BCUT2D eigenvalue weighted by atomic mass is 10.1. The Morgan fingerprint density at radius 1 is 1.50 bits per heavy atom. The molecule has 4 nitrogen and oxygen atoms in total. The molecule has 1 aromatic carbocycles. The average Bonchev–Trinajstić information content (AvgIpc) is 2.26. The second-order valence-corrected chi connectivity index (χ2v) is 3.23. The van der Waals surface area contributed by atoms with Crippen LogP contribution in [-0.4, -0.2) is 29.9 Å². The SMILES string of the molecule is COc1ccc(C=CCO)cc1CC(=O)O. The number of methoxy groups -OCH3 is 1. The Morgan fingerprint density at radius 3 is 2.81 bits per heavy atom. The maximum atomic E-state index is 10.6. The highest BCUT2D eigenvalue weighted by atomic mass is 16.5. The van der Waals surface area contributed by atoms with Gasteiger partial charge in [0.2, 0.25) is 0 Å². The monoisotopic (exact) mass is 222 g/mol. The molecule has 0 aromatic heterocycles. The fourth-order valence-electron chi connectivity index (χ4n) is 1.39. The summed E-state index contributed by atoms with van der Waals surface area (Å²) in [7, 11) is 1.50. The normalized spacial score (nSPS) is 10.6. The van der Waals surface area contributed by atoms with Crippen LogP contribution < -0.4 is 4.74 Å². The van der Waals surface area contributed by atoms with Gasteiger partial charge in [-0.2, -0.15) is 0 Å². The van der Waals surface area contributed by atoms with Crippen molar-refractivity contribution in [2.24, 2.45) is 0 Å². The van der Waals surface area contributed by atoms with E-state index in [1.54, 1.807) is 30.4 Å². The van der Waals surface area contributed by atoms with Gasteiger partial charge >= 0.3 is 5.97 Å². The molecule has 0 aliphatic rings. The van der Waals surface area contributed by atoms with Gasteiger partial charge in [-0.15, -0.1) is 0 Å². The first-order valence-corrected chi connectivity index (χ1v) is 4.83. The molecule has 0 aliphatic heterocycles. The molecule has 0 saturated heterocycles. The molecule has 0 fully saturated rings. The van der Waals surface area contributed by atoms with Crippen molar-refractivity contribution in [3.63, 3.8) is 0 Å². The Labute approximate surface area is 93.8 Å². The molecule has 0 amide bonds. The highest BCUT2D eigenvalue weighted by molar-refractivity contribution is 5.72. The summed E-state index contributed by atoms with van der Waals surface area (Å²) in [5.41, 5.74) is 1.46. The minimum Gasteiger partial charge on any atom is -0.496 e. The summed E-state index contributed by atoms with van der Waals surface area (Å²) in [5, 5.41) is 17.4. The van der Waals surface area contributed by atoms with E-state index >= 15 is 0 Å². The van der Waals surface area contributed by atoms with Crippen LogP contribution in [0.4, 0.5) is 0 Å². The van der Waals surface area contributed by atoms with Crippen LogP contribution >= 0.6 is 0 Å². The minimum atomic E-state index is -0.901. The number of aliphatic carboxylic acids is 1. The van der Waals surface area contributed by atoms with Gasteiger partial charge in [0.25, 0.3) is 0 Å². The second-order valence-electron chi connectivity index (χ2n) is 3.23. The zero-order valence-electron chi connectivity index (χ0n) is 9.01. The molecule has 0 bridgehead atoms. The van der Waals surface area contributed by atoms with Crippen LogP contribution in [0.15, 0.2) is 24.3 Å². The van der Waals surface area contributed by atoms with Crippen molar-refractivity contribution < 1.29 is 19.7 Å². The summed E-state index contributed by atoms with van der Waals surface area (Å²) in [4.78, 5) is 10.6. The van der Waals surface area contributed by atoms with Crippen molar-refractivity contribution in [2.75, 3.05) is 13.7 Å². The van der Waals surface area contributed by atoms with Crippen LogP contribution in [0.2, 0.25) is 0 Å². The standard InChI is InChI=1S/C12H14O4/c1-16-11-5-4-9(3-2-6-13)7-10(11)8-12(14)15/h2-5,7,13H,6,8H2,1H3,(H,14,15). The predicted octanol–water partition coefficient (Wildman–Crippen LogP) is 1.33. The summed E-state index contributed by atoms with van der Waals surface area (Å²) in [6, 6.07) is 5.25. The lowest BCUT2D eigenvalue weighted by Gasteiger charge is -2.07. The molecule has 4 heteroatoms. The maximum Gasteiger partial charge on any atom is 0.307 e.